The molecule has 3 aromatic rings. The number of para-hydroxylation sites is 1. The van der Waals surface area contributed by atoms with E-state index in [0.717, 1.165) is 64.1 Å². The number of ether oxygens (including phenoxy) is 3. The summed E-state index contributed by atoms with van der Waals surface area (Å²) in [6.45, 7) is -0.0451. The molecule has 0 radical (unpaired) electrons. The Morgan fingerprint density at radius 1 is 1.09 bits per heavy atom. The highest BCUT2D eigenvalue weighted by atomic mass is 16.7. The van der Waals surface area contributed by atoms with Crippen LogP contribution in [0.25, 0.3) is 22.6 Å². The van der Waals surface area contributed by atoms with Crippen LogP contribution in [0.4, 0.5) is 0 Å². The molecule has 0 spiro atoms. The van der Waals surface area contributed by atoms with E-state index in [-0.39, 0.29) is 25.3 Å². The predicted molar refractivity (Wildman–Crippen MR) is 122 cm³/mol. The van der Waals surface area contributed by atoms with Crippen molar-refractivity contribution in [2.75, 3.05) is 13.4 Å². The summed E-state index contributed by atoms with van der Waals surface area (Å²) in [4.78, 5) is 30.1. The van der Waals surface area contributed by atoms with Crippen LogP contribution < -0.4 is 14.8 Å². The Morgan fingerprint density at radius 3 is 2.82 bits per heavy atom. The molecule has 3 aliphatic rings. The molecule has 6 rings (SSSR count). The molecular weight excluding hydrogens is 420 g/mol. The van der Waals surface area contributed by atoms with E-state index in [1.807, 2.05) is 42.5 Å². The Bertz CT molecular complexity index is 1330. The molecule has 1 aliphatic heterocycles. The van der Waals surface area contributed by atoms with Crippen LogP contribution in [0.3, 0.4) is 0 Å². The number of benzene rings is 2. The summed E-state index contributed by atoms with van der Waals surface area (Å²) in [5.41, 5.74) is 4.94. The average molecular weight is 442 g/mol. The van der Waals surface area contributed by atoms with E-state index in [9.17, 15) is 9.59 Å². The van der Waals surface area contributed by atoms with E-state index < -0.39 is 5.97 Å². The molecule has 7 nitrogen and oxygen atoms in total. The standard InChI is InChI=1S/C26H22N2O5/c29-23(27-17-7-8-17)13-31-26(30)24-18-3-1-2-4-20(18)28-25-16(6-9-19(24)25)11-15-5-10-21-22(12-15)33-14-32-21/h1-5,10-12,17H,6-9,13-14H2,(H,27,29)/b16-11+. The number of esters is 1. The molecule has 2 aromatic carbocycles. The van der Waals surface area contributed by atoms with Gasteiger partial charge in [0.15, 0.2) is 18.1 Å². The number of allylic oxidation sites excluding steroid dienone is 1. The molecule has 1 N–H and O–H groups in total. The smallest absolute Gasteiger partial charge is 0.339 e. The highest BCUT2D eigenvalue weighted by Crippen LogP contribution is 2.39. The summed E-state index contributed by atoms with van der Waals surface area (Å²) in [5, 5.41) is 3.59. The van der Waals surface area contributed by atoms with Crippen molar-refractivity contribution in [3.63, 3.8) is 0 Å². The lowest BCUT2D eigenvalue weighted by Crippen LogP contribution is -2.30. The fourth-order valence-corrected chi connectivity index (χ4v) is 4.42. The first kappa shape index (κ1) is 19.8. The molecule has 2 aliphatic carbocycles. The number of carbonyl (C=O) groups excluding carboxylic acids is 2. The van der Waals surface area contributed by atoms with Crippen LogP contribution in [-0.2, 0) is 16.0 Å². The molecule has 0 saturated heterocycles. The van der Waals surface area contributed by atoms with Gasteiger partial charge < -0.3 is 19.5 Å². The second-order valence-corrected chi connectivity index (χ2v) is 8.53. The third-order valence-electron chi connectivity index (χ3n) is 6.16. The third-order valence-corrected chi connectivity index (χ3v) is 6.16. The van der Waals surface area contributed by atoms with E-state index in [2.05, 4.69) is 11.4 Å². The van der Waals surface area contributed by atoms with Gasteiger partial charge >= 0.3 is 5.97 Å². The minimum Gasteiger partial charge on any atom is -0.454 e. The minimum absolute atomic E-state index is 0.228. The summed E-state index contributed by atoms with van der Waals surface area (Å²) in [7, 11) is 0. The van der Waals surface area contributed by atoms with Gasteiger partial charge in [0.05, 0.1) is 16.8 Å². The molecule has 1 saturated carbocycles. The maximum Gasteiger partial charge on any atom is 0.339 e. The molecule has 1 aromatic heterocycles. The summed E-state index contributed by atoms with van der Waals surface area (Å²) in [6.07, 6.45) is 5.49. The molecule has 1 fully saturated rings. The lowest BCUT2D eigenvalue weighted by atomic mass is 10.0. The first-order valence-electron chi connectivity index (χ1n) is 11.1. The summed E-state index contributed by atoms with van der Waals surface area (Å²) in [5.74, 6) is 0.719. The Morgan fingerprint density at radius 2 is 1.94 bits per heavy atom. The maximum absolute atomic E-state index is 13.1. The fraction of sp³-hybridized carbons (Fsp3) is 0.269. The van der Waals surface area contributed by atoms with E-state index in [0.29, 0.717) is 12.0 Å². The van der Waals surface area contributed by atoms with E-state index in [1.165, 1.54) is 0 Å². The maximum atomic E-state index is 13.1. The third kappa shape index (κ3) is 3.80. The second-order valence-electron chi connectivity index (χ2n) is 8.53. The van der Waals surface area contributed by atoms with Crippen molar-refractivity contribution in [1.29, 1.82) is 0 Å². The van der Waals surface area contributed by atoms with Crippen molar-refractivity contribution in [3.8, 4) is 11.5 Å². The van der Waals surface area contributed by atoms with Crippen LogP contribution in [0.1, 0.15) is 46.4 Å². The van der Waals surface area contributed by atoms with Crippen LogP contribution >= 0.6 is 0 Å². The lowest BCUT2D eigenvalue weighted by Gasteiger charge is -2.12. The second kappa shape index (κ2) is 7.92. The average Bonchev–Trinajstić information content (AvgIpc) is 3.36. The number of pyridine rings is 1. The van der Waals surface area contributed by atoms with E-state index in [4.69, 9.17) is 19.2 Å². The number of fused-ring (bicyclic) bond motifs is 3. The zero-order valence-corrected chi connectivity index (χ0v) is 17.9. The number of nitrogens with zero attached hydrogens (tertiary/aromatic N) is 1. The summed E-state index contributed by atoms with van der Waals surface area (Å²) >= 11 is 0. The minimum atomic E-state index is -0.486. The molecule has 33 heavy (non-hydrogen) atoms. The molecule has 0 atom stereocenters. The van der Waals surface area contributed by atoms with Gasteiger partial charge in [-0.15, -0.1) is 0 Å². The molecule has 0 unspecified atom stereocenters. The Kier molecular flexibility index (Phi) is 4.75. The number of hydrogen-bond acceptors (Lipinski definition) is 6. The van der Waals surface area contributed by atoms with Gasteiger partial charge in [-0.05, 0) is 66.7 Å². The van der Waals surface area contributed by atoms with Crippen molar-refractivity contribution < 1.29 is 23.8 Å². The van der Waals surface area contributed by atoms with E-state index in [1.54, 1.807) is 0 Å². The summed E-state index contributed by atoms with van der Waals surface area (Å²) < 4.78 is 16.3. The quantitative estimate of drug-likeness (QED) is 0.604. The largest absolute Gasteiger partial charge is 0.454 e. The Labute approximate surface area is 190 Å². The molecule has 7 heteroatoms. The Hall–Kier alpha value is -3.87. The van der Waals surface area contributed by atoms with Crippen molar-refractivity contribution in [3.05, 3.63) is 64.8 Å². The van der Waals surface area contributed by atoms with Gasteiger partial charge in [-0.25, -0.2) is 9.78 Å². The van der Waals surface area contributed by atoms with Gasteiger partial charge in [0.1, 0.15) is 0 Å². The highest BCUT2D eigenvalue weighted by molar-refractivity contribution is 6.07. The van der Waals surface area contributed by atoms with Crippen LogP contribution in [-0.4, -0.2) is 36.3 Å². The summed E-state index contributed by atoms with van der Waals surface area (Å²) in [6, 6.07) is 13.6. The fourth-order valence-electron chi connectivity index (χ4n) is 4.42. The zero-order valence-electron chi connectivity index (χ0n) is 17.9. The number of nitrogens with one attached hydrogen (secondary N) is 1. The van der Waals surface area contributed by atoms with Crippen LogP contribution in [0, 0.1) is 0 Å². The number of hydrogen-bond donors (Lipinski definition) is 1. The van der Waals surface area contributed by atoms with Crippen LogP contribution in [0.5, 0.6) is 11.5 Å². The number of carbonyl (C=O) groups is 2. The number of amides is 1. The molecule has 2 heterocycles. The van der Waals surface area contributed by atoms with Gasteiger partial charge in [0, 0.05) is 11.4 Å². The van der Waals surface area contributed by atoms with E-state index >= 15 is 0 Å². The monoisotopic (exact) mass is 442 g/mol. The van der Waals surface area contributed by atoms with Gasteiger partial charge in [0.2, 0.25) is 6.79 Å². The van der Waals surface area contributed by atoms with Crippen molar-refractivity contribution in [2.24, 2.45) is 0 Å². The molecule has 1 amide bonds. The molecule has 166 valence electrons. The van der Waals surface area contributed by atoms with Crippen molar-refractivity contribution in [1.82, 2.24) is 10.3 Å². The van der Waals surface area contributed by atoms with Crippen molar-refractivity contribution >= 4 is 34.4 Å². The topological polar surface area (TPSA) is 86.8 Å². The van der Waals surface area contributed by atoms with Crippen molar-refractivity contribution in [2.45, 2.75) is 31.7 Å². The first-order valence-corrected chi connectivity index (χ1v) is 11.1. The number of rotatable bonds is 5. The molecular formula is C26H22N2O5. The zero-order chi connectivity index (χ0) is 22.4. The normalized spacial score (nSPS) is 17.3. The van der Waals surface area contributed by atoms with Crippen LogP contribution in [0.15, 0.2) is 42.5 Å². The van der Waals surface area contributed by atoms with Gasteiger partial charge in [-0.2, -0.15) is 0 Å². The first-order chi connectivity index (χ1) is 16.2. The Balaban J connectivity index is 1.35. The highest BCUT2D eigenvalue weighted by Gasteiger charge is 2.29. The lowest BCUT2D eigenvalue weighted by molar-refractivity contribution is -0.124. The predicted octanol–water partition coefficient (Wildman–Crippen LogP) is 3.89. The number of aromatic nitrogens is 1. The van der Waals surface area contributed by atoms with Gasteiger partial charge in [-0.3, -0.25) is 4.79 Å². The molecule has 0 bridgehead atoms. The van der Waals surface area contributed by atoms with Gasteiger partial charge in [0.25, 0.3) is 5.91 Å². The van der Waals surface area contributed by atoms with Crippen LogP contribution in [0.2, 0.25) is 0 Å². The SMILES string of the molecule is O=C(COC(=O)c1c2c(nc3ccccc13)/C(=C/c1ccc3c(c1)OCO3)CC2)NC1CC1. The van der Waals surface area contributed by atoms with Gasteiger partial charge in [-0.1, -0.05) is 24.3 Å².